The number of rotatable bonds is 7. The highest BCUT2D eigenvalue weighted by atomic mass is 35.5. The molecule has 0 fully saturated rings. The van der Waals surface area contributed by atoms with E-state index >= 15 is 0 Å². The average molecular weight is 318 g/mol. The molecule has 0 aliphatic carbocycles. The van der Waals surface area contributed by atoms with Crippen molar-refractivity contribution in [2.75, 3.05) is 27.2 Å². The first kappa shape index (κ1) is 16.8. The number of benzene rings is 2. The van der Waals surface area contributed by atoms with Crippen LogP contribution in [0, 0.1) is 6.07 Å². The molecular formula is C18H22ClN2O. The van der Waals surface area contributed by atoms with Gasteiger partial charge in [0.05, 0.1) is 11.6 Å². The first-order valence-corrected chi connectivity index (χ1v) is 7.76. The minimum absolute atomic E-state index is 0.525. The second-order valence-electron chi connectivity index (χ2n) is 5.47. The van der Waals surface area contributed by atoms with Gasteiger partial charge in [-0.1, -0.05) is 29.8 Å². The molecule has 2 aromatic rings. The molecule has 2 rings (SSSR count). The summed E-state index contributed by atoms with van der Waals surface area (Å²) in [5.41, 5.74) is 8.72. The van der Waals surface area contributed by atoms with Crippen molar-refractivity contribution in [3.05, 3.63) is 53.1 Å². The lowest BCUT2D eigenvalue weighted by molar-refractivity contribution is 0.282. The van der Waals surface area contributed by atoms with Gasteiger partial charge in [-0.25, -0.2) is 0 Å². The predicted octanol–water partition coefficient (Wildman–Crippen LogP) is 3.60. The van der Waals surface area contributed by atoms with E-state index in [2.05, 4.69) is 25.1 Å². The second-order valence-corrected chi connectivity index (χ2v) is 5.87. The molecule has 0 aliphatic rings. The fourth-order valence-electron chi connectivity index (χ4n) is 2.11. The van der Waals surface area contributed by atoms with Crippen LogP contribution >= 0.6 is 11.6 Å². The Morgan fingerprint density at radius 2 is 2.05 bits per heavy atom. The summed E-state index contributed by atoms with van der Waals surface area (Å²) < 4.78 is 5.80. The lowest BCUT2D eigenvalue weighted by atomic mass is 10.0. The normalized spacial score (nSPS) is 11.0. The maximum absolute atomic E-state index is 6.21. The maximum atomic E-state index is 6.21. The van der Waals surface area contributed by atoms with Crippen LogP contribution in [0.3, 0.4) is 0 Å². The van der Waals surface area contributed by atoms with Crippen molar-refractivity contribution in [1.29, 1.82) is 0 Å². The molecule has 117 valence electrons. The molecule has 0 spiro atoms. The fourth-order valence-corrected chi connectivity index (χ4v) is 2.28. The highest BCUT2D eigenvalue weighted by molar-refractivity contribution is 6.32. The molecule has 4 heteroatoms. The molecule has 22 heavy (non-hydrogen) atoms. The zero-order valence-electron chi connectivity index (χ0n) is 13.1. The van der Waals surface area contributed by atoms with Crippen LogP contribution in [0.5, 0.6) is 5.75 Å². The Bertz CT molecular complexity index is 597. The number of halogens is 1. The van der Waals surface area contributed by atoms with Gasteiger partial charge in [0.2, 0.25) is 0 Å². The zero-order chi connectivity index (χ0) is 15.9. The van der Waals surface area contributed by atoms with Gasteiger partial charge in [-0.2, -0.15) is 0 Å². The van der Waals surface area contributed by atoms with Gasteiger partial charge in [-0.15, -0.1) is 0 Å². The van der Waals surface area contributed by atoms with E-state index in [1.165, 1.54) is 0 Å². The third-order valence-electron chi connectivity index (χ3n) is 3.36. The highest BCUT2D eigenvalue weighted by Crippen LogP contribution is 2.30. The van der Waals surface area contributed by atoms with Crippen LogP contribution in [0.4, 0.5) is 0 Å². The first-order chi connectivity index (χ1) is 10.6. The van der Waals surface area contributed by atoms with E-state index < -0.39 is 0 Å². The van der Waals surface area contributed by atoms with Crippen LogP contribution < -0.4 is 10.5 Å². The van der Waals surface area contributed by atoms with Crippen molar-refractivity contribution >= 4 is 11.6 Å². The molecule has 2 N–H and O–H groups in total. The van der Waals surface area contributed by atoms with E-state index in [9.17, 15) is 0 Å². The monoisotopic (exact) mass is 317 g/mol. The number of ether oxygens (including phenoxy) is 1. The van der Waals surface area contributed by atoms with E-state index in [0.29, 0.717) is 23.9 Å². The maximum Gasteiger partial charge on any atom is 0.138 e. The predicted molar refractivity (Wildman–Crippen MR) is 92.3 cm³/mol. The smallest absolute Gasteiger partial charge is 0.138 e. The SMILES string of the molecule is CN(C)CCCOc1cc(-c2[c]cc(CN)cc2)ccc1Cl. The van der Waals surface area contributed by atoms with Crippen molar-refractivity contribution in [1.82, 2.24) is 4.90 Å². The van der Waals surface area contributed by atoms with E-state index in [4.69, 9.17) is 22.1 Å². The average Bonchev–Trinajstić information content (AvgIpc) is 2.53. The minimum atomic E-state index is 0.525. The molecule has 0 heterocycles. The van der Waals surface area contributed by atoms with Gasteiger partial charge in [-0.3, -0.25) is 0 Å². The van der Waals surface area contributed by atoms with Crippen LogP contribution in [-0.2, 0) is 6.54 Å². The van der Waals surface area contributed by atoms with E-state index in [-0.39, 0.29) is 0 Å². The van der Waals surface area contributed by atoms with Crippen LogP contribution in [0.15, 0.2) is 36.4 Å². The Kier molecular flexibility index (Phi) is 6.25. The molecule has 0 aliphatic heterocycles. The summed E-state index contributed by atoms with van der Waals surface area (Å²) in [6.45, 7) is 2.17. The van der Waals surface area contributed by atoms with Gasteiger partial charge in [0.25, 0.3) is 0 Å². The summed E-state index contributed by atoms with van der Waals surface area (Å²) in [5, 5.41) is 0.632. The Labute approximate surface area is 137 Å². The number of nitrogens with zero attached hydrogens (tertiary/aromatic N) is 1. The third kappa shape index (κ3) is 4.73. The molecule has 0 saturated carbocycles. The summed E-state index contributed by atoms with van der Waals surface area (Å²) in [6.07, 6.45) is 0.963. The summed E-state index contributed by atoms with van der Waals surface area (Å²) in [4.78, 5) is 2.13. The summed E-state index contributed by atoms with van der Waals surface area (Å²) in [7, 11) is 4.10. The van der Waals surface area contributed by atoms with Gasteiger partial charge in [0.15, 0.2) is 0 Å². The number of hydrogen-bond donors (Lipinski definition) is 1. The van der Waals surface area contributed by atoms with Crippen LogP contribution in [-0.4, -0.2) is 32.1 Å². The number of hydrogen-bond acceptors (Lipinski definition) is 3. The largest absolute Gasteiger partial charge is 0.492 e. The van der Waals surface area contributed by atoms with Gasteiger partial charge < -0.3 is 15.4 Å². The van der Waals surface area contributed by atoms with Crippen LogP contribution in [0.2, 0.25) is 5.02 Å². The van der Waals surface area contributed by atoms with Crippen molar-refractivity contribution in [3.8, 4) is 16.9 Å². The fraction of sp³-hybridized carbons (Fsp3) is 0.333. The van der Waals surface area contributed by atoms with Gasteiger partial charge >= 0.3 is 0 Å². The Morgan fingerprint density at radius 3 is 2.68 bits per heavy atom. The van der Waals surface area contributed by atoms with E-state index in [1.807, 2.05) is 36.4 Å². The summed E-state index contributed by atoms with van der Waals surface area (Å²) in [6, 6.07) is 15.0. The van der Waals surface area contributed by atoms with Crippen molar-refractivity contribution < 1.29 is 4.74 Å². The van der Waals surface area contributed by atoms with Gasteiger partial charge in [-0.05, 0) is 61.5 Å². The lowest BCUT2D eigenvalue weighted by Crippen LogP contribution is -2.15. The quantitative estimate of drug-likeness (QED) is 0.793. The summed E-state index contributed by atoms with van der Waals surface area (Å²) >= 11 is 6.21. The molecule has 0 bridgehead atoms. The summed E-state index contributed by atoms with van der Waals surface area (Å²) in [5.74, 6) is 0.717. The van der Waals surface area contributed by atoms with Gasteiger partial charge in [0.1, 0.15) is 5.75 Å². The van der Waals surface area contributed by atoms with Crippen LogP contribution in [0.1, 0.15) is 12.0 Å². The molecule has 0 unspecified atom stereocenters. The molecule has 0 atom stereocenters. The van der Waals surface area contributed by atoms with E-state index in [1.54, 1.807) is 0 Å². The molecule has 3 nitrogen and oxygen atoms in total. The highest BCUT2D eigenvalue weighted by Gasteiger charge is 2.06. The van der Waals surface area contributed by atoms with Crippen LogP contribution in [0.25, 0.3) is 11.1 Å². The lowest BCUT2D eigenvalue weighted by Gasteiger charge is -2.12. The molecule has 0 saturated heterocycles. The standard InChI is InChI=1S/C18H22ClN2O/c1-21(2)10-3-11-22-18-12-16(8-9-17(18)19)15-6-4-14(13-20)5-7-15/h4-6,8-9,12H,3,10-11,13,20H2,1-2H3. The molecule has 2 aromatic carbocycles. The van der Waals surface area contributed by atoms with E-state index in [0.717, 1.165) is 29.7 Å². The zero-order valence-corrected chi connectivity index (χ0v) is 13.9. The minimum Gasteiger partial charge on any atom is -0.492 e. The molecule has 0 aromatic heterocycles. The Hall–Kier alpha value is -1.55. The molecule has 0 amide bonds. The van der Waals surface area contributed by atoms with Crippen molar-refractivity contribution in [3.63, 3.8) is 0 Å². The topological polar surface area (TPSA) is 38.5 Å². The number of nitrogens with two attached hydrogens (primary N) is 1. The van der Waals surface area contributed by atoms with Crippen molar-refractivity contribution in [2.45, 2.75) is 13.0 Å². The third-order valence-corrected chi connectivity index (χ3v) is 3.67. The van der Waals surface area contributed by atoms with Crippen molar-refractivity contribution in [2.24, 2.45) is 5.73 Å². The Morgan fingerprint density at radius 1 is 1.23 bits per heavy atom. The first-order valence-electron chi connectivity index (χ1n) is 7.38. The second kappa shape index (κ2) is 8.18. The molecule has 1 radical (unpaired) electrons. The molecular weight excluding hydrogens is 296 g/mol. The Balaban J connectivity index is 2.08. The van der Waals surface area contributed by atoms with Gasteiger partial charge in [0, 0.05) is 13.1 Å².